The predicted molar refractivity (Wildman–Crippen MR) is 124 cm³/mol. The van der Waals surface area contributed by atoms with E-state index in [1.807, 2.05) is 55.5 Å². The molecule has 0 radical (unpaired) electrons. The molecule has 7 nitrogen and oxygen atoms in total. The van der Waals surface area contributed by atoms with Crippen LogP contribution in [0.15, 0.2) is 83.8 Å². The molecule has 32 heavy (non-hydrogen) atoms. The third-order valence-corrected chi connectivity index (χ3v) is 5.79. The first-order valence-corrected chi connectivity index (χ1v) is 11.5. The van der Waals surface area contributed by atoms with Crippen LogP contribution in [0.5, 0.6) is 5.75 Å². The van der Waals surface area contributed by atoms with Gasteiger partial charge in [0.15, 0.2) is 0 Å². The largest absolute Gasteiger partial charge is 0.494 e. The number of rotatable bonds is 6. The Labute approximate surface area is 185 Å². The molecule has 0 unspecified atom stereocenters. The molecule has 4 rings (SSSR count). The van der Waals surface area contributed by atoms with E-state index in [9.17, 15) is 13.2 Å². The van der Waals surface area contributed by atoms with Gasteiger partial charge in [0.2, 0.25) is 10.0 Å². The molecule has 0 saturated carbocycles. The van der Waals surface area contributed by atoms with Gasteiger partial charge in [-0.1, -0.05) is 18.2 Å². The van der Waals surface area contributed by atoms with Crippen molar-refractivity contribution in [3.63, 3.8) is 0 Å². The van der Waals surface area contributed by atoms with Crippen molar-refractivity contribution in [1.82, 2.24) is 4.98 Å². The average Bonchev–Trinajstić information content (AvgIpc) is 2.79. The first-order valence-electron chi connectivity index (χ1n) is 9.92. The monoisotopic (exact) mass is 447 g/mol. The first kappa shape index (κ1) is 21.5. The highest BCUT2D eigenvalue weighted by Gasteiger charge is 2.15. The lowest BCUT2D eigenvalue weighted by Crippen LogP contribution is -2.14. The van der Waals surface area contributed by atoms with Gasteiger partial charge in [0.05, 0.1) is 28.3 Å². The fourth-order valence-electron chi connectivity index (χ4n) is 3.33. The standard InChI is InChI=1S/C24H21N3O4S/c1-2-31-18-11-7-16(8-12-18)23-15-21(20-5-3-4-6-22(20)27-23)24(28)26-17-9-13-19(14-10-17)32(25,29)30/h3-15H,2H2,1H3,(H,26,28)(H2,25,29,30). The molecule has 0 fully saturated rings. The van der Waals surface area contributed by atoms with Crippen molar-refractivity contribution in [3.05, 3.63) is 84.4 Å². The average molecular weight is 448 g/mol. The lowest BCUT2D eigenvalue weighted by atomic mass is 10.0. The van der Waals surface area contributed by atoms with Crippen LogP contribution in [-0.4, -0.2) is 25.9 Å². The molecule has 0 atom stereocenters. The van der Waals surface area contributed by atoms with Crippen LogP contribution in [0.25, 0.3) is 22.2 Å². The van der Waals surface area contributed by atoms with Crippen LogP contribution in [0.1, 0.15) is 17.3 Å². The SMILES string of the molecule is CCOc1ccc(-c2cc(C(=O)Nc3ccc(S(N)(=O)=O)cc3)c3ccccc3n2)cc1. The van der Waals surface area contributed by atoms with Gasteiger partial charge in [0.1, 0.15) is 5.75 Å². The smallest absolute Gasteiger partial charge is 0.256 e. The van der Waals surface area contributed by atoms with Gasteiger partial charge in [-0.2, -0.15) is 0 Å². The number of fused-ring (bicyclic) bond motifs is 1. The lowest BCUT2D eigenvalue weighted by Gasteiger charge is -2.11. The van der Waals surface area contributed by atoms with E-state index < -0.39 is 10.0 Å². The number of para-hydroxylation sites is 1. The van der Waals surface area contributed by atoms with Crippen LogP contribution in [0.4, 0.5) is 5.69 Å². The highest BCUT2D eigenvalue weighted by atomic mass is 32.2. The molecule has 3 aromatic carbocycles. The summed E-state index contributed by atoms with van der Waals surface area (Å²) < 4.78 is 28.4. The van der Waals surface area contributed by atoms with Crippen LogP contribution in [0.2, 0.25) is 0 Å². The number of sulfonamides is 1. The highest BCUT2D eigenvalue weighted by Crippen LogP contribution is 2.27. The fourth-order valence-corrected chi connectivity index (χ4v) is 3.84. The zero-order chi connectivity index (χ0) is 22.7. The number of pyridine rings is 1. The van der Waals surface area contributed by atoms with Gasteiger partial charge < -0.3 is 10.1 Å². The number of anilines is 1. The number of amides is 1. The van der Waals surface area contributed by atoms with E-state index in [4.69, 9.17) is 14.9 Å². The van der Waals surface area contributed by atoms with E-state index in [-0.39, 0.29) is 10.8 Å². The van der Waals surface area contributed by atoms with Crippen LogP contribution in [-0.2, 0) is 10.0 Å². The number of ether oxygens (including phenoxy) is 1. The molecule has 0 spiro atoms. The van der Waals surface area contributed by atoms with E-state index >= 15 is 0 Å². The molecule has 4 aromatic rings. The van der Waals surface area contributed by atoms with E-state index in [0.717, 1.165) is 11.3 Å². The molecule has 0 saturated heterocycles. The minimum Gasteiger partial charge on any atom is -0.494 e. The van der Waals surface area contributed by atoms with E-state index in [0.29, 0.717) is 34.5 Å². The molecule has 1 amide bonds. The number of carbonyl (C=O) groups is 1. The maximum atomic E-state index is 13.1. The Morgan fingerprint density at radius 3 is 2.34 bits per heavy atom. The van der Waals surface area contributed by atoms with Gasteiger partial charge >= 0.3 is 0 Å². The third-order valence-electron chi connectivity index (χ3n) is 4.86. The van der Waals surface area contributed by atoms with Gasteiger partial charge in [-0.15, -0.1) is 0 Å². The second-order valence-electron chi connectivity index (χ2n) is 7.05. The number of primary sulfonamides is 1. The number of hydrogen-bond donors (Lipinski definition) is 2. The summed E-state index contributed by atoms with van der Waals surface area (Å²) in [6.45, 7) is 2.50. The first-order chi connectivity index (χ1) is 15.3. The Hall–Kier alpha value is -3.75. The molecule has 3 N–H and O–H groups in total. The van der Waals surface area contributed by atoms with Crippen LogP contribution < -0.4 is 15.2 Å². The molecule has 8 heteroatoms. The van der Waals surface area contributed by atoms with Crippen LogP contribution >= 0.6 is 0 Å². The summed E-state index contributed by atoms with van der Waals surface area (Å²) in [7, 11) is -3.80. The predicted octanol–water partition coefficient (Wildman–Crippen LogP) is 4.20. The molecule has 162 valence electrons. The molecule has 1 heterocycles. The molecular formula is C24H21N3O4S. The summed E-state index contributed by atoms with van der Waals surface area (Å²) in [5.41, 5.74) is 3.10. The Balaban J connectivity index is 1.70. The Morgan fingerprint density at radius 2 is 1.69 bits per heavy atom. The third kappa shape index (κ3) is 4.61. The minimum absolute atomic E-state index is 0.0253. The number of carbonyl (C=O) groups excluding carboxylic acids is 1. The second-order valence-corrected chi connectivity index (χ2v) is 8.61. The number of nitrogens with two attached hydrogens (primary N) is 1. The van der Waals surface area contributed by atoms with Gasteiger partial charge in [-0.05, 0) is 67.6 Å². The van der Waals surface area contributed by atoms with Gasteiger partial charge in [-0.3, -0.25) is 4.79 Å². The van der Waals surface area contributed by atoms with Crippen molar-refractivity contribution in [3.8, 4) is 17.0 Å². The molecule has 1 aromatic heterocycles. The number of benzene rings is 3. The Kier molecular flexibility index (Phi) is 5.89. The summed E-state index contributed by atoms with van der Waals surface area (Å²) in [6.07, 6.45) is 0. The maximum Gasteiger partial charge on any atom is 0.256 e. The molecular weight excluding hydrogens is 426 g/mol. The van der Waals surface area contributed by atoms with E-state index in [1.165, 1.54) is 24.3 Å². The van der Waals surface area contributed by atoms with Gasteiger partial charge in [0.25, 0.3) is 5.91 Å². The number of hydrogen-bond acceptors (Lipinski definition) is 5. The lowest BCUT2D eigenvalue weighted by molar-refractivity contribution is 0.102. The van der Waals surface area contributed by atoms with Crippen molar-refractivity contribution in [2.45, 2.75) is 11.8 Å². The summed E-state index contributed by atoms with van der Waals surface area (Å²) >= 11 is 0. The fraction of sp³-hybridized carbons (Fsp3) is 0.0833. The maximum absolute atomic E-state index is 13.1. The van der Waals surface area contributed by atoms with Gasteiger partial charge in [-0.25, -0.2) is 18.5 Å². The molecule has 0 aliphatic carbocycles. The summed E-state index contributed by atoms with van der Waals surface area (Å²) in [6, 6.07) is 22.4. The van der Waals surface area contributed by atoms with Crippen LogP contribution in [0, 0.1) is 0 Å². The van der Waals surface area contributed by atoms with E-state index in [2.05, 4.69) is 5.32 Å². The Morgan fingerprint density at radius 1 is 1.00 bits per heavy atom. The quantitative estimate of drug-likeness (QED) is 0.460. The summed E-state index contributed by atoms with van der Waals surface area (Å²) in [4.78, 5) is 17.8. The van der Waals surface area contributed by atoms with Crippen molar-refractivity contribution in [2.24, 2.45) is 5.14 Å². The number of nitrogens with one attached hydrogen (secondary N) is 1. The normalized spacial score (nSPS) is 11.3. The molecule has 0 aliphatic heterocycles. The second kappa shape index (κ2) is 8.78. The summed E-state index contributed by atoms with van der Waals surface area (Å²) in [5, 5.41) is 8.65. The minimum atomic E-state index is -3.80. The highest BCUT2D eigenvalue weighted by molar-refractivity contribution is 7.89. The van der Waals surface area contributed by atoms with Crippen molar-refractivity contribution >= 4 is 32.5 Å². The topological polar surface area (TPSA) is 111 Å². The van der Waals surface area contributed by atoms with Crippen molar-refractivity contribution in [1.29, 1.82) is 0 Å². The van der Waals surface area contributed by atoms with Crippen LogP contribution in [0.3, 0.4) is 0 Å². The van der Waals surface area contributed by atoms with Crippen molar-refractivity contribution in [2.75, 3.05) is 11.9 Å². The number of aromatic nitrogens is 1. The van der Waals surface area contributed by atoms with E-state index in [1.54, 1.807) is 6.07 Å². The van der Waals surface area contributed by atoms with Gasteiger partial charge in [0, 0.05) is 16.6 Å². The zero-order valence-corrected chi connectivity index (χ0v) is 18.1. The molecule has 0 aliphatic rings. The van der Waals surface area contributed by atoms with Crippen molar-refractivity contribution < 1.29 is 17.9 Å². The number of nitrogens with zero attached hydrogens (tertiary/aromatic N) is 1. The Bertz CT molecular complexity index is 1380. The molecule has 0 bridgehead atoms. The zero-order valence-electron chi connectivity index (χ0n) is 17.3. The summed E-state index contributed by atoms with van der Waals surface area (Å²) in [5.74, 6) is 0.428.